The highest BCUT2D eigenvalue weighted by Gasteiger charge is 2.32. The Hall–Kier alpha value is -2.89. The van der Waals surface area contributed by atoms with Crippen molar-refractivity contribution in [2.24, 2.45) is 0 Å². The molecule has 1 fully saturated rings. The molecule has 0 radical (unpaired) electrons. The van der Waals surface area contributed by atoms with Gasteiger partial charge in [0.1, 0.15) is 11.9 Å². The molecule has 0 unspecified atom stereocenters. The molecule has 27 heavy (non-hydrogen) atoms. The van der Waals surface area contributed by atoms with Crippen molar-refractivity contribution in [1.82, 2.24) is 5.32 Å². The molecule has 5 nitrogen and oxygen atoms in total. The first kappa shape index (κ1) is 20.4. The summed E-state index contributed by atoms with van der Waals surface area (Å²) in [7, 11) is 0. The minimum Gasteiger partial charge on any atom is -0.442 e. The zero-order valence-corrected chi connectivity index (χ0v) is 16.1. The Morgan fingerprint density at radius 1 is 1.22 bits per heavy atom. The van der Waals surface area contributed by atoms with Crippen LogP contribution in [0.15, 0.2) is 42.5 Å². The van der Waals surface area contributed by atoms with Crippen molar-refractivity contribution in [3.63, 3.8) is 0 Å². The number of aryl methyl sites for hydroxylation is 1. The molecule has 0 saturated carbocycles. The highest BCUT2D eigenvalue weighted by molar-refractivity contribution is 5.90. The number of hydrogen-bond acceptors (Lipinski definition) is 3. The van der Waals surface area contributed by atoms with Gasteiger partial charge in [0.2, 0.25) is 5.91 Å². The average molecular weight is 372 g/mol. The summed E-state index contributed by atoms with van der Waals surface area (Å²) in [6.07, 6.45) is -0.992. The van der Waals surface area contributed by atoms with Gasteiger partial charge in [-0.15, -0.1) is 0 Å². The fourth-order valence-electron chi connectivity index (χ4n) is 2.74. The van der Waals surface area contributed by atoms with Crippen LogP contribution in [0.1, 0.15) is 26.3 Å². The van der Waals surface area contributed by atoms with Crippen molar-refractivity contribution >= 4 is 17.7 Å². The van der Waals surface area contributed by atoms with Crippen molar-refractivity contribution in [1.29, 1.82) is 0 Å². The quantitative estimate of drug-likeness (QED) is 0.871. The minimum atomic E-state index is -0.544. The molecule has 2 aromatic rings. The average Bonchev–Trinajstić information content (AvgIpc) is 3.03. The summed E-state index contributed by atoms with van der Waals surface area (Å²) >= 11 is 0. The monoisotopic (exact) mass is 372 g/mol. The molecule has 0 aromatic heterocycles. The number of carbonyl (C=O) groups excluding carboxylic acids is 2. The van der Waals surface area contributed by atoms with Gasteiger partial charge in [-0.05, 0) is 30.7 Å². The lowest BCUT2D eigenvalue weighted by atomic mass is 10.0. The van der Waals surface area contributed by atoms with Gasteiger partial charge in [0.15, 0.2) is 0 Å². The van der Waals surface area contributed by atoms with E-state index in [1.165, 1.54) is 17.9 Å². The van der Waals surface area contributed by atoms with E-state index >= 15 is 0 Å². The third-order valence-electron chi connectivity index (χ3n) is 4.08. The molecular weight excluding hydrogens is 347 g/mol. The standard InChI is InChI=1S/C19H19FN2O3.C2H6/c1-12-3-5-14(6-4-12)17-8-7-15(9-18(17)20)22-11-16(25-19(22)24)10-21-13(2)23;1-2/h3-9,16H,10-11H2,1-2H3,(H,21,23);1-2H3/t16-;/m0./s1. The molecule has 0 bridgehead atoms. The van der Waals surface area contributed by atoms with Gasteiger partial charge >= 0.3 is 6.09 Å². The normalized spacial score (nSPS) is 15.7. The van der Waals surface area contributed by atoms with Crippen LogP contribution in [-0.4, -0.2) is 31.2 Å². The molecule has 1 aliphatic heterocycles. The summed E-state index contributed by atoms with van der Waals surface area (Å²) in [5.74, 6) is -0.595. The van der Waals surface area contributed by atoms with Crippen molar-refractivity contribution in [3.8, 4) is 11.1 Å². The van der Waals surface area contributed by atoms with E-state index in [0.29, 0.717) is 11.3 Å². The highest BCUT2D eigenvalue weighted by atomic mass is 19.1. The first-order valence-corrected chi connectivity index (χ1v) is 9.03. The van der Waals surface area contributed by atoms with Crippen LogP contribution in [0.2, 0.25) is 0 Å². The Morgan fingerprint density at radius 3 is 2.48 bits per heavy atom. The Morgan fingerprint density at radius 2 is 1.89 bits per heavy atom. The van der Waals surface area contributed by atoms with Gasteiger partial charge in [-0.2, -0.15) is 0 Å². The number of hydrogen-bond donors (Lipinski definition) is 1. The Kier molecular flexibility index (Phi) is 6.93. The zero-order valence-electron chi connectivity index (χ0n) is 16.1. The van der Waals surface area contributed by atoms with Gasteiger partial charge in [0.05, 0.1) is 18.8 Å². The molecule has 6 heteroatoms. The van der Waals surface area contributed by atoms with Gasteiger partial charge in [0, 0.05) is 12.5 Å². The van der Waals surface area contributed by atoms with Crippen molar-refractivity contribution < 1.29 is 18.7 Å². The number of rotatable bonds is 4. The smallest absolute Gasteiger partial charge is 0.414 e. The fourth-order valence-corrected chi connectivity index (χ4v) is 2.74. The molecule has 2 aromatic carbocycles. The Labute approximate surface area is 159 Å². The van der Waals surface area contributed by atoms with Crippen LogP contribution in [0.5, 0.6) is 0 Å². The van der Waals surface area contributed by atoms with Gasteiger partial charge < -0.3 is 10.1 Å². The molecule has 144 valence electrons. The summed E-state index contributed by atoms with van der Waals surface area (Å²) in [4.78, 5) is 24.3. The van der Waals surface area contributed by atoms with E-state index in [4.69, 9.17) is 4.74 Å². The van der Waals surface area contributed by atoms with Crippen LogP contribution < -0.4 is 10.2 Å². The van der Waals surface area contributed by atoms with Gasteiger partial charge in [-0.25, -0.2) is 9.18 Å². The second kappa shape index (κ2) is 9.16. The maximum absolute atomic E-state index is 14.5. The third kappa shape index (κ3) is 5.06. The second-order valence-corrected chi connectivity index (χ2v) is 6.08. The molecular formula is C21H25FN2O3. The van der Waals surface area contributed by atoms with Gasteiger partial charge in [0.25, 0.3) is 0 Å². The lowest BCUT2D eigenvalue weighted by molar-refractivity contribution is -0.119. The summed E-state index contributed by atoms with van der Waals surface area (Å²) in [6.45, 7) is 7.87. The number of ether oxygens (including phenoxy) is 1. The minimum absolute atomic E-state index is 0.192. The number of amides is 2. The van der Waals surface area contributed by atoms with Crippen LogP contribution in [0.3, 0.4) is 0 Å². The number of nitrogens with one attached hydrogen (secondary N) is 1. The SMILES string of the molecule is CC.CC(=O)NC[C@H]1CN(c2ccc(-c3ccc(C)cc3)c(F)c2)C(=O)O1. The maximum Gasteiger partial charge on any atom is 0.414 e. The molecule has 2 amide bonds. The maximum atomic E-state index is 14.5. The van der Waals surface area contributed by atoms with Gasteiger partial charge in [-0.3, -0.25) is 9.69 Å². The second-order valence-electron chi connectivity index (χ2n) is 6.08. The third-order valence-corrected chi connectivity index (χ3v) is 4.08. The van der Waals surface area contributed by atoms with E-state index in [1.807, 2.05) is 45.0 Å². The Balaban J connectivity index is 0.00000126. The molecule has 1 aliphatic rings. The van der Waals surface area contributed by atoms with Crippen LogP contribution >= 0.6 is 0 Å². The molecule has 1 N–H and O–H groups in total. The summed E-state index contributed by atoms with van der Waals surface area (Å²) in [6, 6.07) is 12.3. The van der Waals surface area contributed by atoms with Crippen molar-refractivity contribution in [3.05, 3.63) is 53.8 Å². The van der Waals surface area contributed by atoms with E-state index < -0.39 is 18.0 Å². The number of anilines is 1. The van der Waals surface area contributed by atoms with Crippen molar-refractivity contribution in [2.75, 3.05) is 18.0 Å². The predicted octanol–water partition coefficient (Wildman–Crippen LogP) is 4.29. The number of halogens is 1. The van der Waals surface area contributed by atoms with E-state index in [2.05, 4.69) is 5.32 Å². The van der Waals surface area contributed by atoms with E-state index in [9.17, 15) is 14.0 Å². The zero-order chi connectivity index (χ0) is 20.0. The van der Waals surface area contributed by atoms with Crippen molar-refractivity contribution in [2.45, 2.75) is 33.8 Å². The number of cyclic esters (lactones) is 1. The lowest BCUT2D eigenvalue weighted by Crippen LogP contribution is -2.33. The molecule has 0 aliphatic carbocycles. The van der Waals surface area contributed by atoms with Crippen LogP contribution in [0.25, 0.3) is 11.1 Å². The first-order valence-electron chi connectivity index (χ1n) is 9.03. The fraction of sp³-hybridized carbons (Fsp3) is 0.333. The van der Waals surface area contributed by atoms with Gasteiger partial charge in [-0.1, -0.05) is 43.7 Å². The molecule has 3 rings (SSSR count). The van der Waals surface area contributed by atoms with Crippen LogP contribution in [-0.2, 0) is 9.53 Å². The topological polar surface area (TPSA) is 58.6 Å². The first-order chi connectivity index (χ1) is 12.9. The van der Waals surface area contributed by atoms with Crippen LogP contribution in [0.4, 0.5) is 14.9 Å². The molecule has 0 spiro atoms. The number of nitrogens with zero attached hydrogens (tertiary/aromatic N) is 1. The largest absolute Gasteiger partial charge is 0.442 e. The van der Waals surface area contributed by atoms with E-state index in [-0.39, 0.29) is 19.0 Å². The number of carbonyl (C=O) groups is 2. The predicted molar refractivity (Wildman–Crippen MR) is 104 cm³/mol. The summed E-state index contributed by atoms with van der Waals surface area (Å²) < 4.78 is 19.7. The number of benzene rings is 2. The summed E-state index contributed by atoms with van der Waals surface area (Å²) in [5, 5.41) is 2.61. The van der Waals surface area contributed by atoms with Crippen LogP contribution in [0, 0.1) is 12.7 Å². The lowest BCUT2D eigenvalue weighted by Gasteiger charge is -2.14. The highest BCUT2D eigenvalue weighted by Crippen LogP contribution is 2.29. The summed E-state index contributed by atoms with van der Waals surface area (Å²) in [5.41, 5.74) is 2.79. The molecule has 1 heterocycles. The Bertz CT molecular complexity index is 806. The molecule has 1 atom stereocenters. The van der Waals surface area contributed by atoms with E-state index in [1.54, 1.807) is 12.1 Å². The van der Waals surface area contributed by atoms with E-state index in [0.717, 1.165) is 11.1 Å². The molecule has 1 saturated heterocycles.